The van der Waals surface area contributed by atoms with E-state index in [1.807, 2.05) is 17.5 Å². The van der Waals surface area contributed by atoms with Gasteiger partial charge in [-0.1, -0.05) is 29.8 Å². The summed E-state index contributed by atoms with van der Waals surface area (Å²) in [6.07, 6.45) is 5.94. The van der Waals surface area contributed by atoms with Crippen molar-refractivity contribution in [2.24, 2.45) is 5.10 Å². The van der Waals surface area contributed by atoms with Crippen LogP contribution in [-0.2, 0) is 11.3 Å². The van der Waals surface area contributed by atoms with E-state index in [1.165, 1.54) is 11.1 Å². The molecule has 0 atom stereocenters. The number of rotatable bonds is 6. The Morgan fingerprint density at radius 1 is 1.19 bits per heavy atom. The van der Waals surface area contributed by atoms with Gasteiger partial charge in [-0.15, -0.1) is 11.3 Å². The molecule has 1 saturated heterocycles. The number of nitrogens with zero attached hydrogens (tertiary/aromatic N) is 5. The molecule has 4 heterocycles. The first-order chi connectivity index (χ1) is 15.2. The minimum absolute atomic E-state index is 0.503. The van der Waals surface area contributed by atoms with E-state index < -0.39 is 0 Å². The first-order valence-corrected chi connectivity index (χ1v) is 11.2. The van der Waals surface area contributed by atoms with Gasteiger partial charge in [0.05, 0.1) is 29.6 Å². The maximum absolute atomic E-state index is 5.48. The molecule has 5 rings (SSSR count). The minimum atomic E-state index is 0.503. The predicted octanol–water partition coefficient (Wildman–Crippen LogP) is 4.13. The molecule has 0 unspecified atom stereocenters. The zero-order chi connectivity index (χ0) is 21.0. The number of hydrogen-bond donors (Lipinski definition) is 1. The topological polar surface area (TPSA) is 67.6 Å². The van der Waals surface area contributed by atoms with Gasteiger partial charge >= 0.3 is 0 Å². The van der Waals surface area contributed by atoms with Gasteiger partial charge in [0.2, 0.25) is 5.95 Å². The monoisotopic (exact) mass is 432 g/mol. The third-order valence-electron chi connectivity index (χ3n) is 5.20. The van der Waals surface area contributed by atoms with Crippen molar-refractivity contribution in [3.05, 3.63) is 70.9 Å². The molecule has 0 spiro atoms. The molecule has 0 radical (unpaired) electrons. The Hall–Kier alpha value is -3.23. The molecular formula is C23H24N6OS. The lowest BCUT2D eigenvalue weighted by atomic mass is 10.1. The Labute approximate surface area is 185 Å². The molecule has 1 fully saturated rings. The summed E-state index contributed by atoms with van der Waals surface area (Å²) in [5, 5.41) is 6.42. The van der Waals surface area contributed by atoms with Crippen molar-refractivity contribution >= 4 is 39.5 Å². The number of hydrazone groups is 1. The van der Waals surface area contributed by atoms with Crippen LogP contribution < -0.4 is 10.3 Å². The maximum atomic E-state index is 5.48. The fourth-order valence-corrected chi connectivity index (χ4v) is 4.56. The third kappa shape index (κ3) is 4.60. The number of aryl methyl sites for hydroxylation is 1. The van der Waals surface area contributed by atoms with Crippen LogP contribution in [0.3, 0.4) is 0 Å². The van der Waals surface area contributed by atoms with E-state index in [9.17, 15) is 0 Å². The Bertz CT molecular complexity index is 1210. The van der Waals surface area contributed by atoms with Crippen LogP contribution in [0.25, 0.3) is 10.2 Å². The summed E-state index contributed by atoms with van der Waals surface area (Å²) < 4.78 is 8.74. The van der Waals surface area contributed by atoms with Crippen LogP contribution in [0.5, 0.6) is 0 Å². The highest BCUT2D eigenvalue weighted by Crippen LogP contribution is 2.30. The fraction of sp³-hybridized carbons (Fsp3) is 0.261. The molecule has 3 aromatic heterocycles. The van der Waals surface area contributed by atoms with Gasteiger partial charge in [0.25, 0.3) is 0 Å². The van der Waals surface area contributed by atoms with E-state index >= 15 is 0 Å². The molecule has 8 heteroatoms. The van der Waals surface area contributed by atoms with Gasteiger partial charge in [0.15, 0.2) is 5.82 Å². The Morgan fingerprint density at radius 2 is 2.10 bits per heavy atom. The third-order valence-corrected chi connectivity index (χ3v) is 6.10. The van der Waals surface area contributed by atoms with Gasteiger partial charge in [0.1, 0.15) is 0 Å². The standard InChI is InChI=1S/C23H24N6OS/c1-17-3-2-4-18(13-17)15-28-7-5-19(16-28)14-24-27-23-25-20-6-12-31-21(20)22(26-23)29-8-10-30-11-9-29/h2-7,12-14,16H,8-11,15H2,1H3,(H,25,26,27)/b24-14+. The summed E-state index contributed by atoms with van der Waals surface area (Å²) in [5.41, 5.74) is 7.51. The molecule has 158 valence electrons. The van der Waals surface area contributed by atoms with E-state index in [4.69, 9.17) is 9.72 Å². The Kier molecular flexibility index (Phi) is 5.64. The lowest BCUT2D eigenvalue weighted by molar-refractivity contribution is 0.122. The molecule has 4 aromatic rings. The second kappa shape index (κ2) is 8.87. The van der Waals surface area contributed by atoms with Gasteiger partial charge in [-0.3, -0.25) is 0 Å². The zero-order valence-electron chi connectivity index (χ0n) is 17.4. The molecule has 31 heavy (non-hydrogen) atoms. The highest BCUT2D eigenvalue weighted by molar-refractivity contribution is 7.17. The van der Waals surface area contributed by atoms with Gasteiger partial charge in [-0.05, 0) is 30.0 Å². The van der Waals surface area contributed by atoms with Crippen molar-refractivity contribution in [2.45, 2.75) is 13.5 Å². The number of benzene rings is 1. The summed E-state index contributed by atoms with van der Waals surface area (Å²) >= 11 is 1.66. The van der Waals surface area contributed by atoms with Crippen molar-refractivity contribution in [1.82, 2.24) is 14.5 Å². The van der Waals surface area contributed by atoms with Gasteiger partial charge in [-0.2, -0.15) is 10.1 Å². The molecule has 0 aliphatic carbocycles. The van der Waals surface area contributed by atoms with E-state index in [0.29, 0.717) is 5.95 Å². The van der Waals surface area contributed by atoms with Crippen molar-refractivity contribution in [3.8, 4) is 0 Å². The summed E-state index contributed by atoms with van der Waals surface area (Å²) in [6, 6.07) is 12.6. The summed E-state index contributed by atoms with van der Waals surface area (Å²) in [5.74, 6) is 1.45. The average Bonchev–Trinajstić information content (AvgIpc) is 3.43. The SMILES string of the molecule is Cc1cccc(Cn2ccc(/C=N/Nc3nc(N4CCOCC4)c4sccc4n3)c2)c1. The van der Waals surface area contributed by atoms with Crippen LogP contribution in [0.1, 0.15) is 16.7 Å². The number of morpholine rings is 1. The second-order valence-corrected chi connectivity index (χ2v) is 8.50. The van der Waals surface area contributed by atoms with Gasteiger partial charge in [-0.25, -0.2) is 10.4 Å². The summed E-state index contributed by atoms with van der Waals surface area (Å²) in [7, 11) is 0. The van der Waals surface area contributed by atoms with E-state index in [1.54, 1.807) is 17.6 Å². The van der Waals surface area contributed by atoms with E-state index in [-0.39, 0.29) is 0 Å². The van der Waals surface area contributed by atoms with Crippen LogP contribution >= 0.6 is 11.3 Å². The highest BCUT2D eigenvalue weighted by atomic mass is 32.1. The number of thiophene rings is 1. The van der Waals surface area contributed by atoms with Crippen molar-refractivity contribution in [2.75, 3.05) is 36.6 Å². The molecule has 1 N–H and O–H groups in total. The number of anilines is 2. The Morgan fingerprint density at radius 3 is 2.97 bits per heavy atom. The number of fused-ring (bicyclic) bond motifs is 1. The van der Waals surface area contributed by atoms with Crippen molar-refractivity contribution in [3.63, 3.8) is 0 Å². The van der Waals surface area contributed by atoms with E-state index in [2.05, 4.69) is 68.6 Å². The van der Waals surface area contributed by atoms with Crippen molar-refractivity contribution < 1.29 is 4.74 Å². The lowest BCUT2D eigenvalue weighted by Gasteiger charge is -2.28. The quantitative estimate of drug-likeness (QED) is 0.367. The number of nitrogens with one attached hydrogen (secondary N) is 1. The number of aromatic nitrogens is 3. The van der Waals surface area contributed by atoms with Crippen LogP contribution in [0.15, 0.2) is 59.3 Å². The average molecular weight is 433 g/mol. The largest absolute Gasteiger partial charge is 0.378 e. The predicted molar refractivity (Wildman–Crippen MR) is 126 cm³/mol. The second-order valence-electron chi connectivity index (χ2n) is 7.58. The molecule has 0 amide bonds. The van der Waals surface area contributed by atoms with Crippen LogP contribution in [-0.4, -0.2) is 47.1 Å². The first kappa shape index (κ1) is 19.7. The Balaban J connectivity index is 1.29. The molecular weight excluding hydrogens is 408 g/mol. The number of ether oxygens (including phenoxy) is 1. The van der Waals surface area contributed by atoms with Crippen LogP contribution in [0.2, 0.25) is 0 Å². The minimum Gasteiger partial charge on any atom is -0.378 e. The van der Waals surface area contributed by atoms with E-state index in [0.717, 1.165) is 54.4 Å². The molecule has 1 aliphatic heterocycles. The normalized spacial score (nSPS) is 14.5. The van der Waals surface area contributed by atoms with Gasteiger partial charge in [0, 0.05) is 37.6 Å². The summed E-state index contributed by atoms with van der Waals surface area (Å²) in [4.78, 5) is 11.6. The molecule has 0 saturated carbocycles. The molecule has 1 aliphatic rings. The lowest BCUT2D eigenvalue weighted by Crippen LogP contribution is -2.36. The fourth-order valence-electron chi connectivity index (χ4n) is 3.71. The van der Waals surface area contributed by atoms with Crippen LogP contribution in [0, 0.1) is 6.92 Å². The number of hydrogen-bond acceptors (Lipinski definition) is 7. The molecule has 7 nitrogen and oxygen atoms in total. The maximum Gasteiger partial charge on any atom is 0.246 e. The first-order valence-electron chi connectivity index (χ1n) is 10.3. The summed E-state index contributed by atoms with van der Waals surface area (Å²) in [6.45, 7) is 6.06. The smallest absolute Gasteiger partial charge is 0.246 e. The molecule has 1 aromatic carbocycles. The zero-order valence-corrected chi connectivity index (χ0v) is 18.2. The van der Waals surface area contributed by atoms with Crippen molar-refractivity contribution in [1.29, 1.82) is 0 Å². The highest BCUT2D eigenvalue weighted by Gasteiger charge is 2.18. The van der Waals surface area contributed by atoms with Crippen LogP contribution in [0.4, 0.5) is 11.8 Å². The molecule has 0 bridgehead atoms. The van der Waals surface area contributed by atoms with Gasteiger partial charge < -0.3 is 14.2 Å².